The third-order valence-electron chi connectivity index (χ3n) is 2.48. The largest absolute Gasteiger partial charge is 0.398 e. The quantitative estimate of drug-likeness (QED) is 0.807. The van der Waals surface area contributed by atoms with Gasteiger partial charge in [-0.1, -0.05) is 17.7 Å². The first-order chi connectivity index (χ1) is 7.99. The molecular formula is C12H17ClN2O2. The number of amides is 1. The van der Waals surface area contributed by atoms with Crippen LogP contribution in [0.1, 0.15) is 24.2 Å². The fourth-order valence-corrected chi connectivity index (χ4v) is 1.87. The topological polar surface area (TPSA) is 66.6 Å². The van der Waals surface area contributed by atoms with Crippen LogP contribution in [-0.4, -0.2) is 35.1 Å². The van der Waals surface area contributed by atoms with Crippen LogP contribution in [0.3, 0.4) is 0 Å². The van der Waals surface area contributed by atoms with Crippen molar-refractivity contribution >= 4 is 23.2 Å². The Morgan fingerprint density at radius 1 is 1.53 bits per heavy atom. The molecule has 0 saturated heterocycles. The van der Waals surface area contributed by atoms with Crippen LogP contribution in [0.15, 0.2) is 18.2 Å². The fourth-order valence-electron chi connectivity index (χ4n) is 1.61. The second-order valence-electron chi connectivity index (χ2n) is 4.02. The Morgan fingerprint density at radius 3 is 2.65 bits per heavy atom. The van der Waals surface area contributed by atoms with Crippen LogP contribution in [0.4, 0.5) is 5.69 Å². The average molecular weight is 257 g/mol. The number of aliphatic hydroxyl groups excluding tert-OH is 1. The van der Waals surface area contributed by atoms with Crippen molar-refractivity contribution in [3.05, 3.63) is 28.8 Å². The molecule has 1 amide bonds. The Morgan fingerprint density at radius 2 is 2.18 bits per heavy atom. The van der Waals surface area contributed by atoms with Crippen molar-refractivity contribution in [2.75, 3.05) is 18.9 Å². The third kappa shape index (κ3) is 3.11. The van der Waals surface area contributed by atoms with E-state index >= 15 is 0 Å². The molecule has 0 heterocycles. The minimum absolute atomic E-state index is 0.0228. The van der Waals surface area contributed by atoms with Crippen LogP contribution in [-0.2, 0) is 0 Å². The number of carbonyl (C=O) groups is 1. The highest BCUT2D eigenvalue weighted by Gasteiger charge is 2.22. The highest BCUT2D eigenvalue weighted by Crippen LogP contribution is 2.24. The Labute approximate surface area is 106 Å². The summed E-state index contributed by atoms with van der Waals surface area (Å²) in [6.45, 7) is 3.93. The van der Waals surface area contributed by atoms with Crippen LogP contribution >= 0.6 is 11.6 Å². The van der Waals surface area contributed by atoms with Crippen molar-refractivity contribution in [2.24, 2.45) is 0 Å². The van der Waals surface area contributed by atoms with E-state index in [9.17, 15) is 4.79 Å². The Kier molecular flexibility index (Phi) is 4.78. The lowest BCUT2D eigenvalue weighted by Crippen LogP contribution is -2.39. The number of hydrogen-bond donors (Lipinski definition) is 2. The SMILES string of the molecule is CC(C)N(CCO)C(=O)c1c(N)cccc1Cl. The molecule has 0 saturated carbocycles. The number of hydrogen-bond acceptors (Lipinski definition) is 3. The van der Waals surface area contributed by atoms with Crippen LogP contribution in [0.5, 0.6) is 0 Å². The summed E-state index contributed by atoms with van der Waals surface area (Å²) in [5, 5.41) is 9.29. The standard InChI is InChI=1S/C12H17ClN2O2/c1-8(2)15(6-7-16)12(17)11-9(13)4-3-5-10(11)14/h3-5,8,16H,6-7,14H2,1-2H3. The molecule has 0 aliphatic rings. The summed E-state index contributed by atoms with van der Waals surface area (Å²) >= 11 is 5.98. The highest BCUT2D eigenvalue weighted by atomic mass is 35.5. The number of aliphatic hydroxyl groups is 1. The molecule has 3 N–H and O–H groups in total. The Bertz CT molecular complexity index is 387. The predicted molar refractivity (Wildman–Crippen MR) is 69.1 cm³/mol. The first-order valence-electron chi connectivity index (χ1n) is 5.44. The third-order valence-corrected chi connectivity index (χ3v) is 2.80. The second-order valence-corrected chi connectivity index (χ2v) is 4.43. The van der Waals surface area contributed by atoms with Crippen molar-refractivity contribution in [2.45, 2.75) is 19.9 Å². The zero-order chi connectivity index (χ0) is 13.0. The van der Waals surface area contributed by atoms with Gasteiger partial charge in [0.2, 0.25) is 0 Å². The average Bonchev–Trinajstić information content (AvgIpc) is 2.24. The smallest absolute Gasteiger partial charge is 0.257 e. The number of benzene rings is 1. The van der Waals surface area contributed by atoms with E-state index in [0.29, 0.717) is 16.3 Å². The van der Waals surface area contributed by atoms with Gasteiger partial charge < -0.3 is 15.7 Å². The zero-order valence-corrected chi connectivity index (χ0v) is 10.7. The van der Waals surface area contributed by atoms with Crippen molar-refractivity contribution in [1.29, 1.82) is 0 Å². The lowest BCUT2D eigenvalue weighted by atomic mass is 10.1. The van der Waals surface area contributed by atoms with Crippen molar-refractivity contribution < 1.29 is 9.90 Å². The number of anilines is 1. The molecule has 0 aliphatic heterocycles. The Balaban J connectivity index is 3.09. The van der Waals surface area contributed by atoms with Gasteiger partial charge in [0, 0.05) is 18.3 Å². The predicted octanol–water partition coefficient (Wildman–Crippen LogP) is 1.77. The number of nitrogen functional groups attached to an aromatic ring is 1. The maximum Gasteiger partial charge on any atom is 0.257 e. The second kappa shape index (κ2) is 5.89. The highest BCUT2D eigenvalue weighted by molar-refractivity contribution is 6.34. The molecular weight excluding hydrogens is 240 g/mol. The van der Waals surface area contributed by atoms with E-state index in [1.807, 2.05) is 13.8 Å². The van der Waals surface area contributed by atoms with Gasteiger partial charge >= 0.3 is 0 Å². The molecule has 0 aliphatic carbocycles. The van der Waals surface area contributed by atoms with Crippen LogP contribution in [0, 0.1) is 0 Å². The molecule has 0 atom stereocenters. The molecule has 0 unspecified atom stereocenters. The van der Waals surface area contributed by atoms with E-state index < -0.39 is 0 Å². The number of carbonyl (C=O) groups excluding carboxylic acids is 1. The van der Waals surface area contributed by atoms with Crippen molar-refractivity contribution in [1.82, 2.24) is 4.90 Å². The van der Waals surface area contributed by atoms with E-state index in [4.69, 9.17) is 22.4 Å². The molecule has 0 bridgehead atoms. The van der Waals surface area contributed by atoms with Crippen LogP contribution < -0.4 is 5.73 Å². The van der Waals surface area contributed by atoms with Crippen LogP contribution in [0.2, 0.25) is 5.02 Å². The lowest BCUT2D eigenvalue weighted by Gasteiger charge is -2.26. The molecule has 1 aromatic rings. The summed E-state index contributed by atoms with van der Waals surface area (Å²) in [6, 6.07) is 4.93. The number of nitrogens with two attached hydrogens (primary N) is 1. The number of rotatable bonds is 4. The first kappa shape index (κ1) is 13.8. The normalized spacial score (nSPS) is 10.6. The maximum absolute atomic E-state index is 12.3. The van der Waals surface area contributed by atoms with Crippen LogP contribution in [0.25, 0.3) is 0 Å². The Hall–Kier alpha value is -1.26. The van der Waals surface area contributed by atoms with Gasteiger partial charge in [0.25, 0.3) is 5.91 Å². The van der Waals surface area contributed by atoms with E-state index in [2.05, 4.69) is 0 Å². The molecule has 0 radical (unpaired) electrons. The molecule has 4 nitrogen and oxygen atoms in total. The molecule has 17 heavy (non-hydrogen) atoms. The summed E-state index contributed by atoms with van der Waals surface area (Å²) in [5.74, 6) is -0.253. The summed E-state index contributed by atoms with van der Waals surface area (Å²) in [4.78, 5) is 13.8. The summed E-state index contributed by atoms with van der Waals surface area (Å²) in [7, 11) is 0. The van der Waals surface area contributed by atoms with E-state index in [1.54, 1.807) is 18.2 Å². The molecule has 1 rings (SSSR count). The van der Waals surface area contributed by atoms with Gasteiger partial charge in [-0.15, -0.1) is 0 Å². The monoisotopic (exact) mass is 256 g/mol. The number of halogens is 1. The summed E-state index contributed by atoms with van der Waals surface area (Å²) < 4.78 is 0. The minimum Gasteiger partial charge on any atom is -0.398 e. The summed E-state index contributed by atoms with van der Waals surface area (Å²) in [6.07, 6.45) is 0. The minimum atomic E-state index is -0.253. The van der Waals surface area contributed by atoms with Gasteiger partial charge in [-0.05, 0) is 26.0 Å². The number of nitrogens with zero attached hydrogens (tertiary/aromatic N) is 1. The fraction of sp³-hybridized carbons (Fsp3) is 0.417. The van der Waals surface area contributed by atoms with E-state index in [-0.39, 0.29) is 25.1 Å². The molecule has 1 aromatic carbocycles. The van der Waals surface area contributed by atoms with E-state index in [1.165, 1.54) is 4.90 Å². The molecule has 0 spiro atoms. The van der Waals surface area contributed by atoms with Gasteiger partial charge in [0.1, 0.15) is 0 Å². The van der Waals surface area contributed by atoms with Crippen molar-refractivity contribution in [3.63, 3.8) is 0 Å². The first-order valence-corrected chi connectivity index (χ1v) is 5.82. The lowest BCUT2D eigenvalue weighted by molar-refractivity contribution is 0.0666. The summed E-state index contributed by atoms with van der Waals surface area (Å²) in [5.41, 5.74) is 6.42. The van der Waals surface area contributed by atoms with Gasteiger partial charge in [-0.25, -0.2) is 0 Å². The molecule has 0 aromatic heterocycles. The van der Waals surface area contributed by atoms with Gasteiger partial charge in [0.05, 0.1) is 17.2 Å². The molecule has 5 heteroatoms. The van der Waals surface area contributed by atoms with Gasteiger partial charge in [-0.3, -0.25) is 4.79 Å². The van der Waals surface area contributed by atoms with Gasteiger partial charge in [-0.2, -0.15) is 0 Å². The van der Waals surface area contributed by atoms with E-state index in [0.717, 1.165) is 0 Å². The van der Waals surface area contributed by atoms with Crippen molar-refractivity contribution in [3.8, 4) is 0 Å². The maximum atomic E-state index is 12.3. The van der Waals surface area contributed by atoms with Gasteiger partial charge in [0.15, 0.2) is 0 Å². The molecule has 0 fully saturated rings. The zero-order valence-electron chi connectivity index (χ0n) is 9.98. The molecule has 94 valence electrons.